The number of hydrogen-bond donors (Lipinski definition) is 2. The number of nitrogens with one attached hydrogen (secondary N) is 1. The number of aromatic nitrogens is 1. The molecule has 0 unspecified atom stereocenters. The van der Waals surface area contributed by atoms with Gasteiger partial charge in [-0.05, 0) is 18.4 Å². The minimum Gasteiger partial charge on any atom is -0.399 e. The van der Waals surface area contributed by atoms with E-state index in [9.17, 15) is 0 Å². The normalized spacial score (nSPS) is 15.5. The Morgan fingerprint density at radius 2 is 2.29 bits per heavy atom. The highest BCUT2D eigenvalue weighted by molar-refractivity contribution is 6.29. The Balaban J connectivity index is 1.87. The predicted molar refractivity (Wildman–Crippen MR) is 59.5 cm³/mol. The zero-order valence-electron chi connectivity index (χ0n) is 7.96. The quantitative estimate of drug-likeness (QED) is 0.753. The maximum atomic E-state index is 5.77. The number of halogens is 1. The van der Waals surface area contributed by atoms with Gasteiger partial charge in [0, 0.05) is 18.3 Å². The van der Waals surface area contributed by atoms with Gasteiger partial charge in [0.05, 0.1) is 0 Å². The Hall–Kier alpha value is -0.960. The maximum absolute atomic E-state index is 5.77. The summed E-state index contributed by atoms with van der Waals surface area (Å²) in [6.07, 6.45) is 3.98. The van der Waals surface area contributed by atoms with Crippen molar-refractivity contribution in [2.45, 2.75) is 19.3 Å². The van der Waals surface area contributed by atoms with E-state index in [4.69, 9.17) is 17.3 Å². The average molecular weight is 212 g/mol. The predicted octanol–water partition coefficient (Wildman–Crippen LogP) is 2.53. The van der Waals surface area contributed by atoms with E-state index in [1.165, 1.54) is 19.3 Å². The Labute approximate surface area is 88.7 Å². The molecular weight excluding hydrogens is 198 g/mol. The molecule has 0 aromatic carbocycles. The van der Waals surface area contributed by atoms with E-state index in [2.05, 4.69) is 10.3 Å². The highest BCUT2D eigenvalue weighted by Crippen LogP contribution is 2.32. The number of pyridine rings is 1. The van der Waals surface area contributed by atoms with E-state index < -0.39 is 0 Å². The fourth-order valence-corrected chi connectivity index (χ4v) is 1.64. The molecule has 3 nitrogen and oxygen atoms in total. The van der Waals surface area contributed by atoms with Crippen LogP contribution >= 0.6 is 11.6 Å². The first kappa shape index (κ1) is 9.59. The minimum absolute atomic E-state index is 0.443. The molecule has 1 heterocycles. The molecule has 0 saturated heterocycles. The van der Waals surface area contributed by atoms with Crippen LogP contribution < -0.4 is 11.1 Å². The number of hydrogen-bond acceptors (Lipinski definition) is 3. The molecule has 1 saturated carbocycles. The van der Waals surface area contributed by atoms with Crippen molar-refractivity contribution in [1.29, 1.82) is 0 Å². The highest BCUT2D eigenvalue weighted by atomic mass is 35.5. The van der Waals surface area contributed by atoms with Gasteiger partial charge in [-0.1, -0.05) is 24.4 Å². The molecule has 4 heteroatoms. The van der Waals surface area contributed by atoms with Crippen LogP contribution in [0.25, 0.3) is 0 Å². The molecule has 1 aromatic heterocycles. The zero-order chi connectivity index (χ0) is 9.97. The molecular formula is C10H14ClN3. The Bertz CT molecular complexity index is 303. The summed E-state index contributed by atoms with van der Waals surface area (Å²) >= 11 is 5.77. The summed E-state index contributed by atoms with van der Waals surface area (Å²) in [5, 5.41) is 3.67. The molecule has 0 radical (unpaired) electrons. The van der Waals surface area contributed by atoms with Gasteiger partial charge >= 0.3 is 0 Å². The van der Waals surface area contributed by atoms with Crippen LogP contribution in [0.4, 0.5) is 11.5 Å². The van der Waals surface area contributed by atoms with Crippen LogP contribution in [0, 0.1) is 5.92 Å². The molecule has 3 N–H and O–H groups in total. The van der Waals surface area contributed by atoms with Crippen LogP contribution in [-0.2, 0) is 0 Å². The first-order valence-electron chi connectivity index (χ1n) is 4.91. The number of nitrogens with two attached hydrogens (primary N) is 1. The van der Waals surface area contributed by atoms with Crippen molar-refractivity contribution in [2.24, 2.45) is 5.92 Å². The van der Waals surface area contributed by atoms with Gasteiger partial charge in [0.15, 0.2) is 0 Å². The fraction of sp³-hybridized carbons (Fsp3) is 0.500. The SMILES string of the molecule is Nc1cc(Cl)nc(NCCC2CC2)c1. The third kappa shape index (κ3) is 2.77. The summed E-state index contributed by atoms with van der Waals surface area (Å²) in [7, 11) is 0. The standard InChI is InChI=1S/C10H14ClN3/c11-9-5-8(12)6-10(14-9)13-4-3-7-1-2-7/h5-7H,1-4H2,(H3,12,13,14). The molecule has 76 valence electrons. The van der Waals surface area contributed by atoms with Crippen LogP contribution in [0.15, 0.2) is 12.1 Å². The Morgan fingerprint density at radius 1 is 1.50 bits per heavy atom. The van der Waals surface area contributed by atoms with Crippen molar-refractivity contribution in [3.63, 3.8) is 0 Å². The van der Waals surface area contributed by atoms with E-state index in [-0.39, 0.29) is 0 Å². The van der Waals surface area contributed by atoms with E-state index in [1.807, 2.05) is 0 Å². The molecule has 0 amide bonds. The highest BCUT2D eigenvalue weighted by Gasteiger charge is 2.20. The number of anilines is 2. The van der Waals surface area contributed by atoms with Gasteiger partial charge in [-0.15, -0.1) is 0 Å². The first-order valence-corrected chi connectivity index (χ1v) is 5.29. The molecule has 0 aliphatic heterocycles. The summed E-state index contributed by atoms with van der Waals surface area (Å²) < 4.78 is 0. The second kappa shape index (κ2) is 4.05. The molecule has 0 atom stereocenters. The smallest absolute Gasteiger partial charge is 0.133 e. The Morgan fingerprint density at radius 3 is 2.93 bits per heavy atom. The van der Waals surface area contributed by atoms with Crippen molar-refractivity contribution in [1.82, 2.24) is 4.98 Å². The van der Waals surface area contributed by atoms with E-state index >= 15 is 0 Å². The van der Waals surface area contributed by atoms with Gasteiger partial charge in [0.2, 0.25) is 0 Å². The molecule has 1 aliphatic carbocycles. The fourth-order valence-electron chi connectivity index (χ4n) is 1.42. The van der Waals surface area contributed by atoms with Crippen LogP contribution in [0.5, 0.6) is 0 Å². The summed E-state index contributed by atoms with van der Waals surface area (Å²) in [6, 6.07) is 3.45. The van der Waals surface area contributed by atoms with E-state index in [0.717, 1.165) is 18.3 Å². The van der Waals surface area contributed by atoms with Crippen molar-refractivity contribution in [3.8, 4) is 0 Å². The lowest BCUT2D eigenvalue weighted by atomic mass is 10.3. The lowest BCUT2D eigenvalue weighted by molar-refractivity contribution is 0.758. The second-order valence-corrected chi connectivity index (χ2v) is 4.15. The molecule has 1 aromatic rings. The lowest BCUT2D eigenvalue weighted by Crippen LogP contribution is -2.04. The summed E-state index contributed by atoms with van der Waals surface area (Å²) in [5.74, 6) is 1.70. The van der Waals surface area contributed by atoms with Gasteiger partial charge in [-0.25, -0.2) is 4.98 Å². The van der Waals surface area contributed by atoms with Crippen LogP contribution in [-0.4, -0.2) is 11.5 Å². The van der Waals surface area contributed by atoms with Gasteiger partial charge in [0.25, 0.3) is 0 Å². The molecule has 1 aliphatic rings. The zero-order valence-corrected chi connectivity index (χ0v) is 8.72. The van der Waals surface area contributed by atoms with Crippen LogP contribution in [0.3, 0.4) is 0 Å². The van der Waals surface area contributed by atoms with Crippen LogP contribution in [0.2, 0.25) is 5.15 Å². The van der Waals surface area contributed by atoms with Gasteiger partial charge in [-0.2, -0.15) is 0 Å². The van der Waals surface area contributed by atoms with Crippen molar-refractivity contribution in [3.05, 3.63) is 17.3 Å². The summed E-state index contributed by atoms with van der Waals surface area (Å²) in [4.78, 5) is 4.13. The molecule has 2 rings (SSSR count). The average Bonchev–Trinajstić information content (AvgIpc) is 2.86. The largest absolute Gasteiger partial charge is 0.399 e. The third-order valence-electron chi connectivity index (χ3n) is 2.37. The number of rotatable bonds is 4. The molecule has 14 heavy (non-hydrogen) atoms. The molecule has 1 fully saturated rings. The van der Waals surface area contributed by atoms with Crippen molar-refractivity contribution < 1.29 is 0 Å². The maximum Gasteiger partial charge on any atom is 0.133 e. The van der Waals surface area contributed by atoms with E-state index in [1.54, 1.807) is 12.1 Å². The number of nitrogen functional groups attached to an aromatic ring is 1. The first-order chi connectivity index (χ1) is 6.74. The van der Waals surface area contributed by atoms with Gasteiger partial charge in [0.1, 0.15) is 11.0 Å². The molecule has 0 bridgehead atoms. The van der Waals surface area contributed by atoms with Crippen molar-refractivity contribution >= 4 is 23.1 Å². The van der Waals surface area contributed by atoms with Gasteiger partial charge < -0.3 is 11.1 Å². The monoisotopic (exact) mass is 211 g/mol. The summed E-state index contributed by atoms with van der Waals surface area (Å²) in [6.45, 7) is 0.956. The lowest BCUT2D eigenvalue weighted by Gasteiger charge is -2.05. The van der Waals surface area contributed by atoms with Gasteiger partial charge in [-0.3, -0.25) is 0 Å². The van der Waals surface area contributed by atoms with Crippen LogP contribution in [0.1, 0.15) is 19.3 Å². The third-order valence-corrected chi connectivity index (χ3v) is 2.57. The minimum atomic E-state index is 0.443. The van der Waals surface area contributed by atoms with Crippen molar-refractivity contribution in [2.75, 3.05) is 17.6 Å². The Kier molecular flexibility index (Phi) is 2.77. The second-order valence-electron chi connectivity index (χ2n) is 3.77. The molecule has 0 spiro atoms. The number of nitrogens with zero attached hydrogens (tertiary/aromatic N) is 1. The van der Waals surface area contributed by atoms with E-state index in [0.29, 0.717) is 10.8 Å². The topological polar surface area (TPSA) is 50.9 Å². The summed E-state index contributed by atoms with van der Waals surface area (Å²) in [5.41, 5.74) is 6.29.